The number of benzene rings is 1. The van der Waals surface area contributed by atoms with Crippen LogP contribution in [0.4, 0.5) is 5.69 Å². The largest absolute Gasteiger partial charge is 0.378 e. The molecule has 5 nitrogen and oxygen atoms in total. The summed E-state index contributed by atoms with van der Waals surface area (Å²) in [5.74, 6) is -0.381. The van der Waals surface area contributed by atoms with Gasteiger partial charge in [-0.15, -0.1) is 0 Å². The van der Waals surface area contributed by atoms with Gasteiger partial charge in [0.15, 0.2) is 0 Å². The SMILES string of the molecule is O=C1C/C(=C/N2CCOCC2)C(=O)N1c1ccccc1. The van der Waals surface area contributed by atoms with Gasteiger partial charge in [0.2, 0.25) is 5.91 Å². The van der Waals surface area contributed by atoms with E-state index in [1.54, 1.807) is 12.1 Å². The lowest BCUT2D eigenvalue weighted by Crippen LogP contribution is -2.33. The Morgan fingerprint density at radius 2 is 1.75 bits per heavy atom. The Labute approximate surface area is 117 Å². The van der Waals surface area contributed by atoms with Crippen LogP contribution < -0.4 is 4.90 Å². The molecule has 0 unspecified atom stereocenters. The van der Waals surface area contributed by atoms with Crippen molar-refractivity contribution in [2.24, 2.45) is 0 Å². The number of ether oxygens (including phenoxy) is 1. The molecule has 3 rings (SSSR count). The van der Waals surface area contributed by atoms with Crippen LogP contribution in [0.5, 0.6) is 0 Å². The lowest BCUT2D eigenvalue weighted by Gasteiger charge is -2.25. The zero-order valence-electron chi connectivity index (χ0n) is 11.1. The van der Waals surface area contributed by atoms with Gasteiger partial charge in [-0.1, -0.05) is 18.2 Å². The summed E-state index contributed by atoms with van der Waals surface area (Å²) in [6.45, 7) is 2.84. The maximum atomic E-state index is 12.4. The summed E-state index contributed by atoms with van der Waals surface area (Å²) in [5, 5.41) is 0. The summed E-state index contributed by atoms with van der Waals surface area (Å²) in [6, 6.07) is 9.04. The van der Waals surface area contributed by atoms with Crippen molar-refractivity contribution in [3.05, 3.63) is 42.1 Å². The second kappa shape index (κ2) is 5.46. The van der Waals surface area contributed by atoms with Gasteiger partial charge in [-0.05, 0) is 12.1 Å². The summed E-state index contributed by atoms with van der Waals surface area (Å²) in [6.07, 6.45) is 1.98. The van der Waals surface area contributed by atoms with Crippen molar-refractivity contribution in [1.29, 1.82) is 0 Å². The second-order valence-electron chi connectivity index (χ2n) is 4.85. The summed E-state index contributed by atoms with van der Waals surface area (Å²) in [7, 11) is 0. The predicted octanol–water partition coefficient (Wildman–Crippen LogP) is 1.17. The molecule has 5 heteroatoms. The topological polar surface area (TPSA) is 49.9 Å². The number of para-hydroxylation sites is 1. The molecular formula is C15H16N2O3. The molecule has 0 N–H and O–H groups in total. The zero-order chi connectivity index (χ0) is 13.9. The van der Waals surface area contributed by atoms with Crippen LogP contribution >= 0.6 is 0 Å². The highest BCUT2D eigenvalue weighted by molar-refractivity contribution is 6.28. The van der Waals surface area contributed by atoms with Gasteiger partial charge in [0.1, 0.15) is 0 Å². The summed E-state index contributed by atoms with van der Waals surface area (Å²) < 4.78 is 5.27. The Morgan fingerprint density at radius 3 is 2.45 bits per heavy atom. The minimum atomic E-state index is -0.215. The third-order valence-electron chi connectivity index (χ3n) is 3.47. The molecule has 0 aromatic heterocycles. The van der Waals surface area contributed by atoms with Gasteiger partial charge >= 0.3 is 0 Å². The number of morpholine rings is 1. The quantitative estimate of drug-likeness (QED) is 0.599. The molecule has 0 saturated carbocycles. The van der Waals surface area contributed by atoms with E-state index in [0.29, 0.717) is 24.5 Å². The number of amides is 2. The van der Waals surface area contributed by atoms with Crippen molar-refractivity contribution in [2.75, 3.05) is 31.2 Å². The van der Waals surface area contributed by atoms with Crippen molar-refractivity contribution in [3.8, 4) is 0 Å². The number of nitrogens with zero attached hydrogens (tertiary/aromatic N) is 2. The molecule has 20 heavy (non-hydrogen) atoms. The summed E-state index contributed by atoms with van der Waals surface area (Å²) >= 11 is 0. The van der Waals surface area contributed by atoms with Crippen LogP contribution in [0.25, 0.3) is 0 Å². The first-order valence-electron chi connectivity index (χ1n) is 6.70. The first-order chi connectivity index (χ1) is 9.75. The van der Waals surface area contributed by atoms with E-state index in [4.69, 9.17) is 4.74 Å². The molecule has 0 atom stereocenters. The van der Waals surface area contributed by atoms with Crippen LogP contribution in [0.1, 0.15) is 6.42 Å². The maximum absolute atomic E-state index is 12.4. The standard InChI is InChI=1S/C15H16N2O3/c18-14-10-12(11-16-6-8-20-9-7-16)15(19)17(14)13-4-2-1-3-5-13/h1-5,11H,6-10H2/b12-11-. The number of imide groups is 1. The molecule has 0 bridgehead atoms. The van der Waals surface area contributed by atoms with Crippen LogP contribution in [-0.2, 0) is 14.3 Å². The van der Waals surface area contributed by atoms with E-state index in [0.717, 1.165) is 13.1 Å². The maximum Gasteiger partial charge on any atom is 0.262 e. The van der Waals surface area contributed by atoms with Crippen molar-refractivity contribution >= 4 is 17.5 Å². The van der Waals surface area contributed by atoms with E-state index in [9.17, 15) is 9.59 Å². The first kappa shape index (κ1) is 12.9. The Balaban J connectivity index is 1.81. The van der Waals surface area contributed by atoms with Gasteiger partial charge in [-0.2, -0.15) is 0 Å². The van der Waals surface area contributed by atoms with Gasteiger partial charge in [0.05, 0.1) is 25.3 Å². The number of hydrogen-bond acceptors (Lipinski definition) is 4. The van der Waals surface area contributed by atoms with E-state index in [1.165, 1.54) is 4.90 Å². The molecule has 104 valence electrons. The Morgan fingerprint density at radius 1 is 1.05 bits per heavy atom. The number of carbonyl (C=O) groups is 2. The van der Waals surface area contributed by atoms with Crippen molar-refractivity contribution < 1.29 is 14.3 Å². The summed E-state index contributed by atoms with van der Waals surface area (Å²) in [4.78, 5) is 27.7. The van der Waals surface area contributed by atoms with E-state index in [1.807, 2.05) is 29.3 Å². The molecule has 0 spiro atoms. The third kappa shape index (κ3) is 2.44. The fourth-order valence-corrected chi connectivity index (χ4v) is 2.44. The van der Waals surface area contributed by atoms with E-state index >= 15 is 0 Å². The normalized spacial score (nSPS) is 21.9. The predicted molar refractivity (Wildman–Crippen MR) is 74.0 cm³/mol. The lowest BCUT2D eigenvalue weighted by molar-refractivity contribution is -0.120. The molecule has 2 saturated heterocycles. The highest BCUT2D eigenvalue weighted by atomic mass is 16.5. The fourth-order valence-electron chi connectivity index (χ4n) is 2.44. The van der Waals surface area contributed by atoms with E-state index in [2.05, 4.69) is 0 Å². The van der Waals surface area contributed by atoms with E-state index < -0.39 is 0 Å². The van der Waals surface area contributed by atoms with Gasteiger partial charge in [0, 0.05) is 24.9 Å². The van der Waals surface area contributed by atoms with Crippen molar-refractivity contribution in [2.45, 2.75) is 6.42 Å². The number of hydrogen-bond donors (Lipinski definition) is 0. The highest BCUT2D eigenvalue weighted by Gasteiger charge is 2.35. The van der Waals surface area contributed by atoms with Crippen molar-refractivity contribution in [3.63, 3.8) is 0 Å². The molecule has 2 amide bonds. The average molecular weight is 272 g/mol. The number of carbonyl (C=O) groups excluding carboxylic acids is 2. The third-order valence-corrected chi connectivity index (χ3v) is 3.47. The van der Waals surface area contributed by atoms with Crippen LogP contribution in [0.15, 0.2) is 42.1 Å². The van der Waals surface area contributed by atoms with Crippen molar-refractivity contribution in [1.82, 2.24) is 4.90 Å². The second-order valence-corrected chi connectivity index (χ2v) is 4.85. The smallest absolute Gasteiger partial charge is 0.262 e. The van der Waals surface area contributed by atoms with Crippen LogP contribution in [0.3, 0.4) is 0 Å². The van der Waals surface area contributed by atoms with Gasteiger partial charge < -0.3 is 9.64 Å². The summed E-state index contributed by atoms with van der Waals surface area (Å²) in [5.41, 5.74) is 1.19. The van der Waals surface area contributed by atoms with Crippen LogP contribution in [0.2, 0.25) is 0 Å². The molecule has 1 aromatic rings. The molecule has 2 heterocycles. The van der Waals surface area contributed by atoms with E-state index in [-0.39, 0.29) is 18.2 Å². The number of anilines is 1. The Kier molecular flexibility index (Phi) is 3.52. The van der Waals surface area contributed by atoms with Gasteiger partial charge in [-0.25, -0.2) is 4.90 Å². The van der Waals surface area contributed by atoms with Crippen LogP contribution in [0, 0.1) is 0 Å². The molecular weight excluding hydrogens is 256 g/mol. The minimum Gasteiger partial charge on any atom is -0.378 e. The molecule has 2 aliphatic heterocycles. The van der Waals surface area contributed by atoms with Gasteiger partial charge in [0.25, 0.3) is 5.91 Å². The lowest BCUT2D eigenvalue weighted by atomic mass is 10.2. The Bertz CT molecular complexity index is 547. The highest BCUT2D eigenvalue weighted by Crippen LogP contribution is 2.26. The zero-order valence-corrected chi connectivity index (χ0v) is 11.1. The number of rotatable bonds is 2. The monoisotopic (exact) mass is 272 g/mol. The molecule has 2 fully saturated rings. The van der Waals surface area contributed by atoms with Gasteiger partial charge in [-0.3, -0.25) is 9.59 Å². The fraction of sp³-hybridized carbons (Fsp3) is 0.333. The van der Waals surface area contributed by atoms with Crippen LogP contribution in [-0.4, -0.2) is 43.0 Å². The minimum absolute atomic E-state index is 0.166. The molecule has 1 aromatic carbocycles. The molecule has 2 aliphatic rings. The molecule has 0 radical (unpaired) electrons. The Hall–Kier alpha value is -2.14. The average Bonchev–Trinajstić information content (AvgIpc) is 2.75. The first-order valence-corrected chi connectivity index (χ1v) is 6.70. The molecule has 0 aliphatic carbocycles.